The smallest absolute Gasteiger partial charge is 0.223 e. The Bertz CT molecular complexity index is 236. The van der Waals surface area contributed by atoms with Crippen LogP contribution in [0.3, 0.4) is 0 Å². The summed E-state index contributed by atoms with van der Waals surface area (Å²) in [5.41, 5.74) is 0. The summed E-state index contributed by atoms with van der Waals surface area (Å²) in [6, 6.07) is 0. The Morgan fingerprint density at radius 1 is 1.40 bits per heavy atom. The van der Waals surface area contributed by atoms with E-state index in [9.17, 15) is 4.79 Å². The molecule has 1 fully saturated rings. The molecule has 1 aliphatic carbocycles. The fraction of sp³-hybridized carbons (Fsp3) is 0.750. The second kappa shape index (κ2) is 5.31. The third-order valence-corrected chi connectivity index (χ3v) is 3.34. The van der Waals surface area contributed by atoms with E-state index in [-0.39, 0.29) is 11.8 Å². The van der Waals surface area contributed by atoms with Gasteiger partial charge < -0.3 is 10.6 Å². The Balaban J connectivity index is 1.65. The van der Waals surface area contributed by atoms with Crippen LogP contribution in [0.5, 0.6) is 0 Å². The fourth-order valence-electron chi connectivity index (χ4n) is 2.32. The van der Waals surface area contributed by atoms with Gasteiger partial charge in [-0.05, 0) is 44.7 Å². The number of hydrogen-bond donors (Lipinski definition) is 2. The molecule has 2 rings (SSSR count). The lowest BCUT2D eigenvalue weighted by Gasteiger charge is -2.23. The van der Waals surface area contributed by atoms with Crippen LogP contribution in [0.15, 0.2) is 12.2 Å². The molecule has 0 saturated carbocycles. The predicted octanol–water partition coefficient (Wildman–Crippen LogP) is 1.07. The molecule has 1 aliphatic heterocycles. The van der Waals surface area contributed by atoms with Crippen molar-refractivity contribution in [2.45, 2.75) is 25.7 Å². The topological polar surface area (TPSA) is 41.1 Å². The molecule has 1 unspecified atom stereocenters. The van der Waals surface area contributed by atoms with Crippen molar-refractivity contribution in [3.63, 3.8) is 0 Å². The summed E-state index contributed by atoms with van der Waals surface area (Å²) < 4.78 is 0. The fourth-order valence-corrected chi connectivity index (χ4v) is 2.32. The molecule has 15 heavy (non-hydrogen) atoms. The highest BCUT2D eigenvalue weighted by Gasteiger charge is 2.20. The van der Waals surface area contributed by atoms with Gasteiger partial charge in [0.1, 0.15) is 0 Å². The van der Waals surface area contributed by atoms with Crippen molar-refractivity contribution in [3.05, 3.63) is 12.2 Å². The summed E-state index contributed by atoms with van der Waals surface area (Å²) in [5, 5.41) is 6.44. The van der Waals surface area contributed by atoms with Gasteiger partial charge in [0.2, 0.25) is 5.91 Å². The first kappa shape index (κ1) is 10.7. The molecule has 1 atom stereocenters. The van der Waals surface area contributed by atoms with Crippen LogP contribution in [0.4, 0.5) is 0 Å². The quantitative estimate of drug-likeness (QED) is 0.681. The Kier molecular flexibility index (Phi) is 3.78. The molecule has 2 aliphatic rings. The zero-order chi connectivity index (χ0) is 10.5. The third kappa shape index (κ3) is 3.06. The molecule has 1 saturated heterocycles. The summed E-state index contributed by atoms with van der Waals surface area (Å²) in [5.74, 6) is 1.09. The van der Waals surface area contributed by atoms with Gasteiger partial charge in [-0.25, -0.2) is 0 Å². The van der Waals surface area contributed by atoms with Crippen LogP contribution in [0, 0.1) is 11.8 Å². The van der Waals surface area contributed by atoms with Crippen LogP contribution < -0.4 is 10.6 Å². The molecule has 0 aromatic heterocycles. The van der Waals surface area contributed by atoms with E-state index in [0.29, 0.717) is 5.92 Å². The van der Waals surface area contributed by atoms with Gasteiger partial charge >= 0.3 is 0 Å². The van der Waals surface area contributed by atoms with Crippen LogP contribution >= 0.6 is 0 Å². The van der Waals surface area contributed by atoms with Crippen molar-refractivity contribution < 1.29 is 4.79 Å². The SMILES string of the molecule is O=C(NCC1CCCNC1)C1CC=CC1. The number of nitrogens with one attached hydrogen (secondary N) is 2. The van der Waals surface area contributed by atoms with Crippen LogP contribution in [-0.4, -0.2) is 25.5 Å². The lowest BCUT2D eigenvalue weighted by atomic mass is 9.99. The minimum absolute atomic E-state index is 0.210. The second-order valence-electron chi connectivity index (χ2n) is 4.60. The van der Waals surface area contributed by atoms with Gasteiger partial charge in [0.25, 0.3) is 0 Å². The van der Waals surface area contributed by atoms with Crippen molar-refractivity contribution >= 4 is 5.91 Å². The summed E-state index contributed by atoms with van der Waals surface area (Å²) in [6.07, 6.45) is 8.55. The van der Waals surface area contributed by atoms with Gasteiger partial charge in [0.15, 0.2) is 0 Å². The Hall–Kier alpha value is -0.830. The molecule has 0 aromatic carbocycles. The first-order valence-electron chi connectivity index (χ1n) is 5.99. The minimum atomic E-state index is 0.210. The van der Waals surface area contributed by atoms with Crippen molar-refractivity contribution in [2.75, 3.05) is 19.6 Å². The lowest BCUT2D eigenvalue weighted by molar-refractivity contribution is -0.124. The molecular weight excluding hydrogens is 188 g/mol. The number of hydrogen-bond acceptors (Lipinski definition) is 2. The zero-order valence-corrected chi connectivity index (χ0v) is 9.17. The number of allylic oxidation sites excluding steroid dienone is 2. The van der Waals surface area contributed by atoms with Gasteiger partial charge in [-0.2, -0.15) is 0 Å². The standard InChI is InChI=1S/C12H20N2O/c15-12(11-5-1-2-6-11)14-9-10-4-3-7-13-8-10/h1-2,10-11,13H,3-9H2,(H,14,15). The van der Waals surface area contributed by atoms with Gasteiger partial charge in [0.05, 0.1) is 0 Å². The Morgan fingerprint density at radius 2 is 2.20 bits per heavy atom. The van der Waals surface area contributed by atoms with E-state index in [0.717, 1.165) is 32.5 Å². The minimum Gasteiger partial charge on any atom is -0.356 e. The number of carbonyl (C=O) groups is 1. The number of carbonyl (C=O) groups excluding carboxylic acids is 1. The highest BCUT2D eigenvalue weighted by molar-refractivity contribution is 5.79. The molecule has 0 aromatic rings. The van der Waals surface area contributed by atoms with Gasteiger partial charge in [-0.3, -0.25) is 4.79 Å². The molecule has 84 valence electrons. The maximum absolute atomic E-state index is 11.7. The van der Waals surface area contributed by atoms with E-state index in [1.165, 1.54) is 12.8 Å². The van der Waals surface area contributed by atoms with Crippen molar-refractivity contribution in [1.29, 1.82) is 0 Å². The zero-order valence-electron chi connectivity index (χ0n) is 9.17. The molecule has 0 bridgehead atoms. The predicted molar refractivity (Wildman–Crippen MR) is 60.5 cm³/mol. The summed E-state index contributed by atoms with van der Waals surface area (Å²) in [7, 11) is 0. The molecule has 1 heterocycles. The first-order chi connectivity index (χ1) is 7.36. The molecule has 2 N–H and O–H groups in total. The lowest BCUT2D eigenvalue weighted by Crippen LogP contribution is -2.39. The normalized spacial score (nSPS) is 26.8. The summed E-state index contributed by atoms with van der Waals surface area (Å²) >= 11 is 0. The monoisotopic (exact) mass is 208 g/mol. The van der Waals surface area contributed by atoms with Crippen LogP contribution in [0.25, 0.3) is 0 Å². The number of amides is 1. The van der Waals surface area contributed by atoms with E-state index in [4.69, 9.17) is 0 Å². The van der Waals surface area contributed by atoms with Gasteiger partial charge in [0, 0.05) is 12.5 Å². The van der Waals surface area contributed by atoms with E-state index < -0.39 is 0 Å². The number of piperidine rings is 1. The average molecular weight is 208 g/mol. The number of rotatable bonds is 3. The average Bonchev–Trinajstić information content (AvgIpc) is 2.81. The molecule has 1 amide bonds. The second-order valence-corrected chi connectivity index (χ2v) is 4.60. The van der Waals surface area contributed by atoms with Crippen molar-refractivity contribution in [2.24, 2.45) is 11.8 Å². The van der Waals surface area contributed by atoms with E-state index in [1.54, 1.807) is 0 Å². The molecule has 0 spiro atoms. The van der Waals surface area contributed by atoms with E-state index in [2.05, 4.69) is 22.8 Å². The molecule has 3 heteroatoms. The Morgan fingerprint density at radius 3 is 2.87 bits per heavy atom. The van der Waals surface area contributed by atoms with Gasteiger partial charge in [-0.1, -0.05) is 12.2 Å². The molecule has 0 radical (unpaired) electrons. The van der Waals surface area contributed by atoms with Crippen LogP contribution in [0.2, 0.25) is 0 Å². The maximum atomic E-state index is 11.7. The molecular formula is C12H20N2O. The Labute approximate surface area is 91.3 Å². The highest BCUT2D eigenvalue weighted by Crippen LogP contribution is 2.17. The highest BCUT2D eigenvalue weighted by atomic mass is 16.1. The molecule has 3 nitrogen and oxygen atoms in total. The summed E-state index contributed by atoms with van der Waals surface area (Å²) in [6.45, 7) is 3.04. The third-order valence-electron chi connectivity index (χ3n) is 3.34. The van der Waals surface area contributed by atoms with Crippen molar-refractivity contribution in [1.82, 2.24) is 10.6 Å². The maximum Gasteiger partial charge on any atom is 0.223 e. The first-order valence-corrected chi connectivity index (χ1v) is 5.99. The van der Waals surface area contributed by atoms with E-state index >= 15 is 0 Å². The van der Waals surface area contributed by atoms with E-state index in [1.807, 2.05) is 0 Å². The van der Waals surface area contributed by atoms with Crippen LogP contribution in [0.1, 0.15) is 25.7 Å². The van der Waals surface area contributed by atoms with Crippen LogP contribution in [-0.2, 0) is 4.79 Å². The van der Waals surface area contributed by atoms with Gasteiger partial charge in [-0.15, -0.1) is 0 Å². The van der Waals surface area contributed by atoms with Crippen molar-refractivity contribution in [3.8, 4) is 0 Å². The largest absolute Gasteiger partial charge is 0.356 e. The summed E-state index contributed by atoms with van der Waals surface area (Å²) in [4.78, 5) is 11.7.